The van der Waals surface area contributed by atoms with Crippen molar-refractivity contribution in [2.75, 3.05) is 0 Å². The van der Waals surface area contributed by atoms with E-state index in [1.165, 1.54) is 6.07 Å². The van der Waals surface area contributed by atoms with E-state index in [1.54, 1.807) is 13.0 Å². The van der Waals surface area contributed by atoms with E-state index in [4.69, 9.17) is 5.73 Å². The van der Waals surface area contributed by atoms with Crippen molar-refractivity contribution in [3.05, 3.63) is 59.4 Å². The normalized spacial score (nSPS) is 10.4. The fourth-order valence-electron chi connectivity index (χ4n) is 1.66. The van der Waals surface area contributed by atoms with E-state index in [9.17, 15) is 4.39 Å². The molecular weight excluding hydrogens is 201 g/mol. The molecule has 0 aliphatic rings. The van der Waals surface area contributed by atoms with E-state index in [2.05, 4.69) is 0 Å². The van der Waals surface area contributed by atoms with Crippen molar-refractivity contribution in [2.45, 2.75) is 13.5 Å². The molecule has 0 aromatic heterocycles. The average Bonchev–Trinajstić information content (AvgIpc) is 2.33. The summed E-state index contributed by atoms with van der Waals surface area (Å²) in [6.07, 6.45) is 0. The summed E-state index contributed by atoms with van der Waals surface area (Å²) in [7, 11) is 0. The van der Waals surface area contributed by atoms with Crippen LogP contribution in [0.5, 0.6) is 0 Å². The van der Waals surface area contributed by atoms with E-state index in [0.717, 1.165) is 16.7 Å². The maximum atomic E-state index is 13.1. The number of rotatable bonds is 2. The van der Waals surface area contributed by atoms with Crippen LogP contribution in [-0.4, -0.2) is 0 Å². The van der Waals surface area contributed by atoms with Gasteiger partial charge in [0.2, 0.25) is 0 Å². The van der Waals surface area contributed by atoms with Crippen LogP contribution in [0.4, 0.5) is 4.39 Å². The highest BCUT2D eigenvalue weighted by Gasteiger charge is 2.01. The second-order valence-electron chi connectivity index (χ2n) is 3.87. The third kappa shape index (κ3) is 2.12. The van der Waals surface area contributed by atoms with Gasteiger partial charge in [-0.15, -0.1) is 0 Å². The van der Waals surface area contributed by atoms with Gasteiger partial charge in [0.05, 0.1) is 0 Å². The van der Waals surface area contributed by atoms with E-state index in [0.29, 0.717) is 12.1 Å². The first-order chi connectivity index (χ1) is 7.70. The minimum absolute atomic E-state index is 0.165. The van der Waals surface area contributed by atoms with Gasteiger partial charge >= 0.3 is 0 Å². The third-order valence-corrected chi connectivity index (χ3v) is 2.68. The highest BCUT2D eigenvalue weighted by molar-refractivity contribution is 5.64. The Morgan fingerprint density at radius 1 is 1.00 bits per heavy atom. The first-order valence-corrected chi connectivity index (χ1v) is 5.26. The van der Waals surface area contributed by atoms with E-state index < -0.39 is 0 Å². The topological polar surface area (TPSA) is 26.0 Å². The van der Waals surface area contributed by atoms with Gasteiger partial charge in [-0.3, -0.25) is 0 Å². The van der Waals surface area contributed by atoms with Crippen molar-refractivity contribution >= 4 is 0 Å². The summed E-state index contributed by atoms with van der Waals surface area (Å²) in [6, 6.07) is 13.2. The van der Waals surface area contributed by atoms with E-state index in [1.807, 2.05) is 30.3 Å². The van der Waals surface area contributed by atoms with Crippen LogP contribution in [0.25, 0.3) is 11.1 Å². The number of aryl methyl sites for hydroxylation is 1. The van der Waals surface area contributed by atoms with Crippen LogP contribution >= 0.6 is 0 Å². The average molecular weight is 215 g/mol. The smallest absolute Gasteiger partial charge is 0.126 e. The Hall–Kier alpha value is -1.67. The Kier molecular flexibility index (Phi) is 3.02. The molecule has 2 N–H and O–H groups in total. The van der Waals surface area contributed by atoms with E-state index in [-0.39, 0.29) is 5.82 Å². The summed E-state index contributed by atoms with van der Waals surface area (Å²) < 4.78 is 13.1. The zero-order valence-electron chi connectivity index (χ0n) is 9.20. The second-order valence-corrected chi connectivity index (χ2v) is 3.87. The van der Waals surface area contributed by atoms with Gasteiger partial charge in [-0.05, 0) is 41.3 Å². The third-order valence-electron chi connectivity index (χ3n) is 2.68. The van der Waals surface area contributed by atoms with Crippen LogP contribution in [0.3, 0.4) is 0 Å². The molecule has 0 unspecified atom stereocenters. The van der Waals surface area contributed by atoms with Gasteiger partial charge < -0.3 is 5.73 Å². The predicted molar refractivity (Wildman–Crippen MR) is 64.5 cm³/mol. The van der Waals surface area contributed by atoms with Gasteiger partial charge in [0.1, 0.15) is 5.82 Å². The van der Waals surface area contributed by atoms with Crippen molar-refractivity contribution in [1.29, 1.82) is 0 Å². The summed E-state index contributed by atoms with van der Waals surface area (Å²) in [4.78, 5) is 0. The SMILES string of the molecule is Cc1cc(-c2ccc(CN)cc2)ccc1F. The second kappa shape index (κ2) is 4.45. The predicted octanol–water partition coefficient (Wildman–Crippen LogP) is 3.26. The Morgan fingerprint density at radius 2 is 1.62 bits per heavy atom. The van der Waals surface area contributed by atoms with Gasteiger partial charge in [-0.2, -0.15) is 0 Å². The molecule has 16 heavy (non-hydrogen) atoms. The monoisotopic (exact) mass is 215 g/mol. The lowest BCUT2D eigenvalue weighted by atomic mass is 10.0. The van der Waals surface area contributed by atoms with Crippen molar-refractivity contribution in [1.82, 2.24) is 0 Å². The molecule has 0 radical (unpaired) electrons. The van der Waals surface area contributed by atoms with Crippen molar-refractivity contribution in [3.63, 3.8) is 0 Å². The summed E-state index contributed by atoms with van der Waals surface area (Å²) in [5, 5.41) is 0. The van der Waals surface area contributed by atoms with Crippen LogP contribution in [0.1, 0.15) is 11.1 Å². The summed E-state index contributed by atoms with van der Waals surface area (Å²) in [6.45, 7) is 2.32. The fourth-order valence-corrected chi connectivity index (χ4v) is 1.66. The van der Waals surface area contributed by atoms with Gasteiger partial charge in [0, 0.05) is 6.54 Å². The van der Waals surface area contributed by atoms with Gasteiger partial charge in [0.15, 0.2) is 0 Å². The Labute approximate surface area is 94.7 Å². The molecule has 2 aromatic rings. The van der Waals surface area contributed by atoms with Crippen LogP contribution in [0, 0.1) is 12.7 Å². The Bertz CT molecular complexity index is 489. The van der Waals surface area contributed by atoms with Crippen LogP contribution in [0.2, 0.25) is 0 Å². The Balaban J connectivity index is 2.38. The molecule has 2 aromatic carbocycles. The quantitative estimate of drug-likeness (QED) is 0.817. The fraction of sp³-hybridized carbons (Fsp3) is 0.143. The molecule has 0 atom stereocenters. The first kappa shape index (κ1) is 10.8. The highest BCUT2D eigenvalue weighted by atomic mass is 19.1. The minimum atomic E-state index is -0.165. The maximum Gasteiger partial charge on any atom is 0.126 e. The molecule has 0 spiro atoms. The molecule has 2 rings (SSSR count). The molecule has 0 heterocycles. The maximum absolute atomic E-state index is 13.1. The summed E-state index contributed by atoms with van der Waals surface area (Å²) in [5.41, 5.74) is 9.41. The molecule has 0 amide bonds. The number of nitrogens with two attached hydrogens (primary N) is 1. The molecule has 0 fully saturated rings. The molecule has 2 heteroatoms. The van der Waals surface area contributed by atoms with Gasteiger partial charge in [0.25, 0.3) is 0 Å². The van der Waals surface area contributed by atoms with Gasteiger partial charge in [-0.25, -0.2) is 4.39 Å². The molecule has 0 aliphatic carbocycles. The molecule has 1 nitrogen and oxygen atoms in total. The van der Waals surface area contributed by atoms with Crippen LogP contribution in [0.15, 0.2) is 42.5 Å². The minimum Gasteiger partial charge on any atom is -0.326 e. The molecule has 0 aliphatic heterocycles. The molecule has 0 saturated carbocycles. The lowest BCUT2D eigenvalue weighted by Crippen LogP contribution is -1.95. The zero-order chi connectivity index (χ0) is 11.5. The number of benzene rings is 2. The van der Waals surface area contributed by atoms with Gasteiger partial charge in [-0.1, -0.05) is 30.3 Å². The van der Waals surface area contributed by atoms with Crippen molar-refractivity contribution < 1.29 is 4.39 Å². The zero-order valence-corrected chi connectivity index (χ0v) is 9.20. The van der Waals surface area contributed by atoms with Crippen molar-refractivity contribution in [3.8, 4) is 11.1 Å². The molecular formula is C14H14FN. The van der Waals surface area contributed by atoms with E-state index >= 15 is 0 Å². The number of hydrogen-bond donors (Lipinski definition) is 1. The molecule has 82 valence electrons. The summed E-state index contributed by atoms with van der Waals surface area (Å²) in [5.74, 6) is -0.165. The number of hydrogen-bond acceptors (Lipinski definition) is 1. The largest absolute Gasteiger partial charge is 0.326 e. The lowest BCUT2D eigenvalue weighted by Gasteiger charge is -2.05. The lowest BCUT2D eigenvalue weighted by molar-refractivity contribution is 0.619. The first-order valence-electron chi connectivity index (χ1n) is 5.26. The summed E-state index contributed by atoms with van der Waals surface area (Å²) >= 11 is 0. The standard InChI is InChI=1S/C14H14FN/c1-10-8-13(6-7-14(10)15)12-4-2-11(9-16)3-5-12/h2-8H,9,16H2,1H3. The van der Waals surface area contributed by atoms with Crippen LogP contribution in [-0.2, 0) is 6.54 Å². The number of halogens is 1. The molecule has 0 bridgehead atoms. The molecule has 0 saturated heterocycles. The van der Waals surface area contributed by atoms with Crippen molar-refractivity contribution in [2.24, 2.45) is 5.73 Å². The Morgan fingerprint density at radius 3 is 2.19 bits per heavy atom. The highest BCUT2D eigenvalue weighted by Crippen LogP contribution is 2.22. The van der Waals surface area contributed by atoms with Crippen LogP contribution < -0.4 is 5.73 Å².